The van der Waals surface area contributed by atoms with Crippen molar-refractivity contribution in [2.45, 2.75) is 58.9 Å². The molecule has 6 rings (SSSR count). The van der Waals surface area contributed by atoms with Gasteiger partial charge in [0.15, 0.2) is 0 Å². The Morgan fingerprint density at radius 3 is 2.62 bits per heavy atom. The van der Waals surface area contributed by atoms with Crippen molar-refractivity contribution in [2.75, 3.05) is 0 Å². The fourth-order valence-electron chi connectivity index (χ4n) is 5.14. The Labute approximate surface area is 222 Å². The van der Waals surface area contributed by atoms with Crippen molar-refractivity contribution in [3.05, 3.63) is 112 Å². The topological polar surface area (TPSA) is 69.7 Å². The van der Waals surface area contributed by atoms with Gasteiger partial charge in [-0.1, -0.05) is 49.9 Å². The highest BCUT2D eigenvalue weighted by molar-refractivity contribution is 7.09. The maximum absolute atomic E-state index is 4.88. The lowest BCUT2D eigenvalue weighted by atomic mass is 9.90. The summed E-state index contributed by atoms with van der Waals surface area (Å²) in [4.78, 5) is 20.1. The van der Waals surface area contributed by atoms with E-state index in [-0.39, 0.29) is 13.5 Å². The first-order chi connectivity index (χ1) is 17.8. The van der Waals surface area contributed by atoms with E-state index in [4.69, 9.17) is 9.97 Å². The van der Waals surface area contributed by atoms with Gasteiger partial charge in [-0.2, -0.15) is 0 Å². The summed E-state index contributed by atoms with van der Waals surface area (Å²) in [6.07, 6.45) is 7.20. The highest BCUT2D eigenvalue weighted by Crippen LogP contribution is 2.34. The monoisotopic (exact) mass is 510 g/mol. The van der Waals surface area contributed by atoms with Crippen LogP contribution < -0.4 is 5.32 Å². The predicted molar refractivity (Wildman–Crippen MR) is 151 cm³/mol. The number of nitrogens with one attached hydrogen (secondary N) is 2. The van der Waals surface area contributed by atoms with Gasteiger partial charge in [0.1, 0.15) is 10.8 Å². The Morgan fingerprint density at radius 2 is 1.78 bits per heavy atom. The van der Waals surface area contributed by atoms with Crippen LogP contribution in [0.4, 0.5) is 0 Å². The third-order valence-electron chi connectivity index (χ3n) is 6.89. The van der Waals surface area contributed by atoms with Crippen LogP contribution in [-0.2, 0) is 32.6 Å². The molecule has 7 heteroatoms. The van der Waals surface area contributed by atoms with Crippen LogP contribution in [0.25, 0.3) is 11.0 Å². The summed E-state index contributed by atoms with van der Waals surface area (Å²) in [5.41, 5.74) is 7.29. The Kier molecular flexibility index (Phi) is 8.04. The number of imidazole rings is 1. The molecule has 1 aliphatic rings. The molecule has 190 valence electrons. The quantitative estimate of drug-likeness (QED) is 0.239. The van der Waals surface area contributed by atoms with Gasteiger partial charge in [0.05, 0.1) is 29.3 Å². The van der Waals surface area contributed by atoms with Crippen molar-refractivity contribution in [3.63, 3.8) is 0 Å². The first-order valence-electron chi connectivity index (χ1n) is 12.6. The third-order valence-corrected chi connectivity index (χ3v) is 7.67. The number of aromatic amines is 1. The molecule has 1 unspecified atom stereocenters. The lowest BCUT2D eigenvalue weighted by Gasteiger charge is -2.34. The number of benzene rings is 2. The molecular formula is C30H34N6S. The van der Waals surface area contributed by atoms with E-state index in [2.05, 4.69) is 74.8 Å². The van der Waals surface area contributed by atoms with Gasteiger partial charge in [-0.05, 0) is 54.2 Å². The Hall–Kier alpha value is -3.39. The van der Waals surface area contributed by atoms with E-state index in [1.54, 1.807) is 11.3 Å². The smallest absolute Gasteiger partial charge is 0.121 e. The van der Waals surface area contributed by atoms with Crippen molar-refractivity contribution in [1.82, 2.24) is 30.2 Å². The van der Waals surface area contributed by atoms with Crippen LogP contribution >= 0.6 is 11.3 Å². The molecule has 37 heavy (non-hydrogen) atoms. The normalized spacial score (nSPS) is 15.0. The number of para-hydroxylation sites is 2. The Balaban J connectivity index is 0.00000280. The summed E-state index contributed by atoms with van der Waals surface area (Å²) >= 11 is 1.69. The maximum Gasteiger partial charge on any atom is 0.121 e. The molecule has 0 aliphatic heterocycles. The molecule has 3 heterocycles. The number of aromatic nitrogens is 4. The summed E-state index contributed by atoms with van der Waals surface area (Å²) in [6.45, 7) is 3.25. The molecule has 5 aromatic rings. The standard InChI is InChI=1S/C29H30N6S.CH4/c1-2-8-25-24(7-1)33-27(34-25)20-35(26-9-3-5-23-6-4-14-32-29(23)26)19-22-12-10-21(11-13-22)17-30-18-28-31-15-16-36-28;/h1-2,4,6-8,10-16,26,30H,3,5,9,17-20H2,(H,33,34);1H4. The fourth-order valence-corrected chi connectivity index (χ4v) is 5.73. The van der Waals surface area contributed by atoms with E-state index < -0.39 is 0 Å². The van der Waals surface area contributed by atoms with Gasteiger partial charge in [0, 0.05) is 37.4 Å². The molecule has 2 aromatic carbocycles. The number of fused-ring (bicyclic) bond motifs is 2. The van der Waals surface area contributed by atoms with Gasteiger partial charge in [-0.25, -0.2) is 9.97 Å². The molecule has 6 nitrogen and oxygen atoms in total. The van der Waals surface area contributed by atoms with Crippen LogP contribution in [-0.4, -0.2) is 24.8 Å². The van der Waals surface area contributed by atoms with E-state index in [1.807, 2.05) is 23.8 Å². The van der Waals surface area contributed by atoms with Gasteiger partial charge in [0.2, 0.25) is 0 Å². The van der Waals surface area contributed by atoms with Crippen molar-refractivity contribution >= 4 is 22.4 Å². The molecular weight excluding hydrogens is 476 g/mol. The number of hydrogen-bond donors (Lipinski definition) is 2. The number of aryl methyl sites for hydroxylation is 1. The minimum absolute atomic E-state index is 0. The summed E-state index contributed by atoms with van der Waals surface area (Å²) in [6, 6.07) is 21.8. The SMILES string of the molecule is C.c1cnc2c(c1)CCCC2N(Cc1ccc(CNCc2nccs2)cc1)Cc1nc2ccccc2[nH]1. The second kappa shape index (κ2) is 11.8. The molecule has 1 atom stereocenters. The number of thiazole rings is 1. The average Bonchev–Trinajstić information content (AvgIpc) is 3.58. The van der Waals surface area contributed by atoms with Crippen molar-refractivity contribution in [3.8, 4) is 0 Å². The minimum Gasteiger partial charge on any atom is -0.341 e. The Morgan fingerprint density at radius 1 is 0.919 bits per heavy atom. The number of H-pyrrole nitrogens is 1. The largest absolute Gasteiger partial charge is 0.341 e. The minimum atomic E-state index is 0. The highest BCUT2D eigenvalue weighted by atomic mass is 32.1. The number of rotatable bonds is 9. The van der Waals surface area contributed by atoms with Crippen molar-refractivity contribution in [2.24, 2.45) is 0 Å². The lowest BCUT2D eigenvalue weighted by Crippen LogP contribution is -2.31. The molecule has 3 aromatic heterocycles. The summed E-state index contributed by atoms with van der Waals surface area (Å²) in [5.74, 6) is 1.00. The van der Waals surface area contributed by atoms with Crippen LogP contribution in [0.2, 0.25) is 0 Å². The van der Waals surface area contributed by atoms with Crippen LogP contribution in [0.3, 0.4) is 0 Å². The molecule has 0 bridgehead atoms. The van der Waals surface area contributed by atoms with Crippen LogP contribution in [0, 0.1) is 0 Å². The average molecular weight is 511 g/mol. The van der Waals surface area contributed by atoms with E-state index in [9.17, 15) is 0 Å². The zero-order valence-electron chi connectivity index (χ0n) is 20.2. The van der Waals surface area contributed by atoms with Crippen LogP contribution in [0.15, 0.2) is 78.4 Å². The van der Waals surface area contributed by atoms with Gasteiger partial charge in [-0.3, -0.25) is 9.88 Å². The second-order valence-electron chi connectivity index (χ2n) is 9.41. The molecule has 0 saturated heterocycles. The van der Waals surface area contributed by atoms with Gasteiger partial charge in [0.25, 0.3) is 0 Å². The lowest BCUT2D eigenvalue weighted by molar-refractivity contribution is 0.153. The molecule has 0 spiro atoms. The van der Waals surface area contributed by atoms with Gasteiger partial charge in [-0.15, -0.1) is 11.3 Å². The highest BCUT2D eigenvalue weighted by Gasteiger charge is 2.28. The molecule has 0 saturated carbocycles. The number of hydrogen-bond acceptors (Lipinski definition) is 6. The Bertz CT molecular complexity index is 1380. The van der Waals surface area contributed by atoms with Crippen LogP contribution in [0.1, 0.15) is 59.5 Å². The molecule has 0 fully saturated rings. The zero-order chi connectivity index (χ0) is 24.2. The van der Waals surface area contributed by atoms with E-state index >= 15 is 0 Å². The van der Waals surface area contributed by atoms with Crippen molar-refractivity contribution in [1.29, 1.82) is 0 Å². The zero-order valence-corrected chi connectivity index (χ0v) is 21.0. The summed E-state index contributed by atoms with van der Waals surface area (Å²) in [7, 11) is 0. The summed E-state index contributed by atoms with van der Waals surface area (Å²) < 4.78 is 0. The molecule has 1 aliphatic carbocycles. The third kappa shape index (κ3) is 5.96. The molecule has 0 radical (unpaired) electrons. The first kappa shape index (κ1) is 25.3. The van der Waals surface area contributed by atoms with Gasteiger partial charge < -0.3 is 10.3 Å². The first-order valence-corrected chi connectivity index (χ1v) is 13.5. The maximum atomic E-state index is 4.88. The fraction of sp³-hybridized carbons (Fsp3) is 0.300. The van der Waals surface area contributed by atoms with Crippen LogP contribution in [0.5, 0.6) is 0 Å². The summed E-state index contributed by atoms with van der Waals surface area (Å²) in [5, 5.41) is 6.63. The predicted octanol–water partition coefficient (Wildman–Crippen LogP) is 6.42. The number of nitrogens with zero attached hydrogens (tertiary/aromatic N) is 4. The van der Waals surface area contributed by atoms with E-state index in [0.29, 0.717) is 0 Å². The van der Waals surface area contributed by atoms with E-state index in [0.717, 1.165) is 60.9 Å². The molecule has 2 N–H and O–H groups in total. The second-order valence-corrected chi connectivity index (χ2v) is 10.4. The van der Waals surface area contributed by atoms with E-state index in [1.165, 1.54) is 28.8 Å². The molecule has 0 amide bonds. The van der Waals surface area contributed by atoms with Gasteiger partial charge >= 0.3 is 0 Å². The number of pyridine rings is 1. The van der Waals surface area contributed by atoms with Crippen molar-refractivity contribution < 1.29 is 0 Å².